The number of nitrogens with two attached hydrogens (primary N) is 1. The van der Waals surface area contributed by atoms with Crippen molar-refractivity contribution in [1.82, 2.24) is 0 Å². The van der Waals surface area contributed by atoms with Crippen molar-refractivity contribution in [2.45, 2.75) is 26.2 Å². The number of anilines is 1. The molecule has 2 heteroatoms. The van der Waals surface area contributed by atoms with Crippen molar-refractivity contribution in [3.8, 4) is 0 Å². The molecule has 2 nitrogen and oxygen atoms in total. The highest BCUT2D eigenvalue weighted by Gasteiger charge is 2.05. The van der Waals surface area contributed by atoms with E-state index in [1.54, 1.807) is 0 Å². The van der Waals surface area contributed by atoms with Gasteiger partial charge < -0.3 is 5.73 Å². The van der Waals surface area contributed by atoms with Crippen molar-refractivity contribution >= 4 is 11.5 Å². The van der Waals surface area contributed by atoms with E-state index in [1.807, 2.05) is 36.4 Å². The minimum absolute atomic E-state index is 0.217. The maximum atomic E-state index is 12.0. The second-order valence-corrected chi connectivity index (χ2v) is 4.81. The van der Waals surface area contributed by atoms with Crippen LogP contribution in [-0.2, 0) is 24.1 Å². The molecule has 2 N–H and O–H groups in total. The van der Waals surface area contributed by atoms with Gasteiger partial charge in [-0.2, -0.15) is 0 Å². The summed E-state index contributed by atoms with van der Waals surface area (Å²) in [4.78, 5) is 12.0. The molecule has 0 bridgehead atoms. The van der Waals surface area contributed by atoms with Crippen LogP contribution in [0.25, 0.3) is 0 Å². The minimum Gasteiger partial charge on any atom is -0.399 e. The summed E-state index contributed by atoms with van der Waals surface area (Å²) < 4.78 is 0. The lowest BCUT2D eigenvalue weighted by Gasteiger charge is -2.04. The van der Waals surface area contributed by atoms with Crippen LogP contribution in [0.1, 0.15) is 23.6 Å². The average Bonchev–Trinajstić information content (AvgIpc) is 2.39. The van der Waals surface area contributed by atoms with Gasteiger partial charge in [0, 0.05) is 18.5 Å². The van der Waals surface area contributed by atoms with Gasteiger partial charge in [0.2, 0.25) is 0 Å². The Hall–Kier alpha value is -2.09. The lowest BCUT2D eigenvalue weighted by Crippen LogP contribution is -2.06. The van der Waals surface area contributed by atoms with E-state index >= 15 is 0 Å². The van der Waals surface area contributed by atoms with Gasteiger partial charge >= 0.3 is 0 Å². The standard InChI is InChI=1S/C17H19NO/c1-2-13-6-8-14(9-7-13)11-17(19)12-15-4-3-5-16(18)10-15/h3-10H,2,11-12,18H2,1H3. The predicted octanol–water partition coefficient (Wildman–Crippen LogP) is 3.19. The van der Waals surface area contributed by atoms with E-state index in [9.17, 15) is 4.79 Å². The van der Waals surface area contributed by atoms with Gasteiger partial charge in [0.1, 0.15) is 5.78 Å². The molecule has 19 heavy (non-hydrogen) atoms. The fourth-order valence-corrected chi connectivity index (χ4v) is 2.11. The van der Waals surface area contributed by atoms with Crippen LogP contribution < -0.4 is 5.73 Å². The average molecular weight is 253 g/mol. The third kappa shape index (κ3) is 3.95. The van der Waals surface area contributed by atoms with E-state index in [2.05, 4.69) is 19.1 Å². The van der Waals surface area contributed by atoms with Crippen molar-refractivity contribution < 1.29 is 4.79 Å². The van der Waals surface area contributed by atoms with Crippen LogP contribution in [0.5, 0.6) is 0 Å². The van der Waals surface area contributed by atoms with E-state index in [0.717, 1.165) is 17.5 Å². The van der Waals surface area contributed by atoms with Gasteiger partial charge in [-0.15, -0.1) is 0 Å². The molecule has 2 aromatic rings. The molecule has 2 rings (SSSR count). The molecular weight excluding hydrogens is 234 g/mol. The monoisotopic (exact) mass is 253 g/mol. The second kappa shape index (κ2) is 6.19. The number of hydrogen-bond donors (Lipinski definition) is 1. The Bertz CT molecular complexity index is 558. The van der Waals surface area contributed by atoms with Crippen LogP contribution in [-0.4, -0.2) is 5.78 Å². The maximum absolute atomic E-state index is 12.0. The zero-order chi connectivity index (χ0) is 13.7. The highest BCUT2D eigenvalue weighted by Crippen LogP contribution is 2.10. The van der Waals surface area contributed by atoms with Crippen LogP contribution in [0.2, 0.25) is 0 Å². The maximum Gasteiger partial charge on any atom is 0.141 e. The number of benzene rings is 2. The number of carbonyl (C=O) groups is 1. The van der Waals surface area contributed by atoms with Crippen LogP contribution in [0, 0.1) is 0 Å². The minimum atomic E-state index is 0.217. The van der Waals surface area contributed by atoms with Crippen molar-refractivity contribution in [2.75, 3.05) is 5.73 Å². The number of rotatable bonds is 5. The second-order valence-electron chi connectivity index (χ2n) is 4.81. The molecule has 0 amide bonds. The number of Topliss-reactive ketones (excluding diaryl/α,β-unsaturated/α-hetero) is 1. The summed E-state index contributed by atoms with van der Waals surface area (Å²) in [7, 11) is 0. The molecule has 0 aromatic heterocycles. The first-order valence-electron chi connectivity index (χ1n) is 6.61. The quantitative estimate of drug-likeness (QED) is 0.832. The summed E-state index contributed by atoms with van der Waals surface area (Å²) in [5, 5.41) is 0. The summed E-state index contributed by atoms with van der Waals surface area (Å²) >= 11 is 0. The van der Waals surface area contributed by atoms with E-state index < -0.39 is 0 Å². The van der Waals surface area contributed by atoms with Crippen molar-refractivity contribution in [3.05, 3.63) is 65.2 Å². The van der Waals surface area contributed by atoms with Crippen LogP contribution in [0.3, 0.4) is 0 Å². The van der Waals surface area contributed by atoms with Crippen molar-refractivity contribution in [3.63, 3.8) is 0 Å². The van der Waals surface area contributed by atoms with E-state index in [-0.39, 0.29) is 5.78 Å². The number of aryl methyl sites for hydroxylation is 1. The molecule has 0 aliphatic heterocycles. The molecule has 0 saturated heterocycles. The van der Waals surface area contributed by atoms with E-state index in [4.69, 9.17) is 5.73 Å². The first-order valence-corrected chi connectivity index (χ1v) is 6.61. The highest BCUT2D eigenvalue weighted by molar-refractivity contribution is 5.83. The number of ketones is 1. The van der Waals surface area contributed by atoms with Gasteiger partial charge in [0.05, 0.1) is 0 Å². The van der Waals surface area contributed by atoms with Gasteiger partial charge in [-0.25, -0.2) is 0 Å². The molecule has 0 heterocycles. The molecule has 0 atom stereocenters. The van der Waals surface area contributed by atoms with Crippen LogP contribution in [0.15, 0.2) is 48.5 Å². The molecule has 98 valence electrons. The lowest BCUT2D eigenvalue weighted by molar-refractivity contribution is -0.117. The Labute approximate surface area is 114 Å². The molecular formula is C17H19NO. The highest BCUT2D eigenvalue weighted by atomic mass is 16.1. The number of hydrogen-bond acceptors (Lipinski definition) is 2. The van der Waals surface area contributed by atoms with Gasteiger partial charge in [-0.05, 0) is 35.2 Å². The fraction of sp³-hybridized carbons (Fsp3) is 0.235. The van der Waals surface area contributed by atoms with Gasteiger partial charge in [-0.3, -0.25) is 4.79 Å². The summed E-state index contributed by atoms with van der Waals surface area (Å²) in [6.45, 7) is 2.12. The fourth-order valence-electron chi connectivity index (χ4n) is 2.11. The first kappa shape index (κ1) is 13.3. The summed E-state index contributed by atoms with van der Waals surface area (Å²) in [5.74, 6) is 0.217. The van der Waals surface area contributed by atoms with Gasteiger partial charge in [0.15, 0.2) is 0 Å². The third-order valence-electron chi connectivity index (χ3n) is 3.18. The Morgan fingerprint density at radius 1 is 0.947 bits per heavy atom. The Kier molecular flexibility index (Phi) is 4.35. The van der Waals surface area contributed by atoms with Crippen molar-refractivity contribution in [2.24, 2.45) is 0 Å². The third-order valence-corrected chi connectivity index (χ3v) is 3.18. The van der Waals surface area contributed by atoms with E-state index in [1.165, 1.54) is 5.56 Å². The summed E-state index contributed by atoms with van der Waals surface area (Å²) in [6.07, 6.45) is 1.96. The number of nitrogen functional groups attached to an aromatic ring is 1. The van der Waals surface area contributed by atoms with Crippen LogP contribution >= 0.6 is 0 Å². The Balaban J connectivity index is 1.97. The molecule has 0 spiro atoms. The lowest BCUT2D eigenvalue weighted by atomic mass is 10.0. The SMILES string of the molecule is CCc1ccc(CC(=O)Cc2cccc(N)c2)cc1. The van der Waals surface area contributed by atoms with E-state index in [0.29, 0.717) is 18.5 Å². The van der Waals surface area contributed by atoms with Gasteiger partial charge in [-0.1, -0.05) is 43.3 Å². The van der Waals surface area contributed by atoms with Crippen LogP contribution in [0.4, 0.5) is 5.69 Å². The molecule has 0 aliphatic carbocycles. The zero-order valence-electron chi connectivity index (χ0n) is 11.2. The summed E-state index contributed by atoms with van der Waals surface area (Å²) in [6, 6.07) is 15.8. The van der Waals surface area contributed by atoms with Crippen molar-refractivity contribution in [1.29, 1.82) is 0 Å². The molecule has 0 saturated carbocycles. The van der Waals surface area contributed by atoms with Gasteiger partial charge in [0.25, 0.3) is 0 Å². The zero-order valence-corrected chi connectivity index (χ0v) is 11.2. The smallest absolute Gasteiger partial charge is 0.141 e. The number of carbonyl (C=O) groups excluding carboxylic acids is 1. The first-order chi connectivity index (χ1) is 9.17. The molecule has 0 fully saturated rings. The summed E-state index contributed by atoms with van der Waals surface area (Å²) in [5.41, 5.74) is 9.77. The molecule has 2 aromatic carbocycles. The Morgan fingerprint density at radius 3 is 2.21 bits per heavy atom. The topological polar surface area (TPSA) is 43.1 Å². The predicted molar refractivity (Wildman–Crippen MR) is 79.1 cm³/mol. The normalized spacial score (nSPS) is 10.4. The molecule has 0 radical (unpaired) electrons. The Morgan fingerprint density at radius 2 is 1.58 bits per heavy atom. The molecule has 0 aliphatic rings. The largest absolute Gasteiger partial charge is 0.399 e. The molecule has 0 unspecified atom stereocenters.